The summed E-state index contributed by atoms with van der Waals surface area (Å²) in [5, 5.41) is 2.49. The highest BCUT2D eigenvalue weighted by Gasteiger charge is 2.19. The quantitative estimate of drug-likeness (QED) is 0.650. The number of nitrogens with zero attached hydrogens (tertiary/aromatic N) is 2. The first kappa shape index (κ1) is 14.4. The lowest BCUT2D eigenvalue weighted by molar-refractivity contribution is -0.127. The van der Waals surface area contributed by atoms with Crippen molar-refractivity contribution >= 4 is 11.8 Å². The third-order valence-electron chi connectivity index (χ3n) is 3.15. The first-order valence-electron chi connectivity index (χ1n) is 6.45. The molecule has 20 heavy (non-hydrogen) atoms. The first-order valence-corrected chi connectivity index (χ1v) is 6.45. The van der Waals surface area contributed by atoms with Crippen LogP contribution < -0.4 is 5.32 Å². The van der Waals surface area contributed by atoms with Crippen molar-refractivity contribution in [2.45, 2.75) is 19.3 Å². The summed E-state index contributed by atoms with van der Waals surface area (Å²) in [4.78, 5) is 27.8. The highest BCUT2D eigenvalue weighted by Crippen LogP contribution is 2.10. The molecule has 1 aliphatic rings. The summed E-state index contributed by atoms with van der Waals surface area (Å²) in [7, 11) is 0. The fraction of sp³-hybridized carbons (Fsp3) is 0.462. The Labute approximate surface area is 115 Å². The van der Waals surface area contributed by atoms with Gasteiger partial charge in [0.1, 0.15) is 0 Å². The number of pyridine rings is 1. The van der Waals surface area contributed by atoms with Gasteiger partial charge < -0.3 is 10.2 Å². The Morgan fingerprint density at radius 1 is 1.45 bits per heavy atom. The third-order valence-corrected chi connectivity index (χ3v) is 3.15. The predicted octanol–water partition coefficient (Wildman–Crippen LogP) is 1.10. The van der Waals surface area contributed by atoms with Crippen LogP contribution in [-0.2, 0) is 4.79 Å². The van der Waals surface area contributed by atoms with E-state index in [1.807, 2.05) is 0 Å². The van der Waals surface area contributed by atoms with E-state index in [-0.39, 0.29) is 11.5 Å². The number of aromatic nitrogens is 1. The van der Waals surface area contributed by atoms with Crippen LogP contribution in [0, 0.1) is 11.8 Å². The van der Waals surface area contributed by atoms with Gasteiger partial charge in [-0.1, -0.05) is 0 Å². The number of nitrogens with one attached hydrogen (secondary N) is 1. The largest absolute Gasteiger partial charge is 0.352 e. The molecule has 1 saturated heterocycles. The smallest absolute Gasteiger partial charge is 0.254 e. The third kappa shape index (κ3) is 3.28. The highest BCUT2D eigenvalue weighted by molar-refractivity contribution is 5.94. The van der Waals surface area contributed by atoms with Crippen molar-refractivity contribution in [1.29, 1.82) is 0 Å². The monoisotopic (exact) mass is 283 g/mol. The molecule has 0 unspecified atom stereocenters. The van der Waals surface area contributed by atoms with E-state index in [9.17, 15) is 18.4 Å². The molecular weight excluding hydrogens is 268 g/mol. The van der Waals surface area contributed by atoms with Gasteiger partial charge in [-0.3, -0.25) is 9.59 Å². The summed E-state index contributed by atoms with van der Waals surface area (Å²) in [6, 6.07) is 1.12. The van der Waals surface area contributed by atoms with E-state index < -0.39 is 17.7 Å². The van der Waals surface area contributed by atoms with Crippen LogP contribution >= 0.6 is 0 Å². The molecule has 1 aromatic rings. The standard InChI is InChI=1S/C13H15F2N3O2/c14-11-9(4-6-16-12(11)15)13(20)17-5-2-8-18-7-1-3-10(18)19/h4,6H,1-3,5,7-8H2,(H,17,20). The molecular formula is C13H15F2N3O2. The van der Waals surface area contributed by atoms with Crippen molar-refractivity contribution in [2.75, 3.05) is 19.6 Å². The molecule has 0 radical (unpaired) electrons. The second-order valence-electron chi connectivity index (χ2n) is 4.56. The van der Waals surface area contributed by atoms with Gasteiger partial charge in [0.25, 0.3) is 5.91 Å². The molecule has 1 aromatic heterocycles. The van der Waals surface area contributed by atoms with Gasteiger partial charge >= 0.3 is 0 Å². The number of rotatable bonds is 5. The van der Waals surface area contributed by atoms with Crippen LogP contribution in [0.1, 0.15) is 29.6 Å². The molecule has 0 aliphatic carbocycles. The Hall–Kier alpha value is -2.05. The van der Waals surface area contributed by atoms with Gasteiger partial charge in [-0.05, 0) is 18.9 Å². The maximum absolute atomic E-state index is 13.3. The zero-order valence-electron chi connectivity index (χ0n) is 10.9. The second-order valence-corrected chi connectivity index (χ2v) is 4.56. The molecule has 2 heterocycles. The van der Waals surface area contributed by atoms with E-state index in [0.29, 0.717) is 25.9 Å². The molecule has 7 heteroatoms. The van der Waals surface area contributed by atoms with E-state index in [2.05, 4.69) is 10.3 Å². The number of carbonyl (C=O) groups is 2. The van der Waals surface area contributed by atoms with Gasteiger partial charge in [-0.15, -0.1) is 0 Å². The summed E-state index contributed by atoms with van der Waals surface area (Å²) >= 11 is 0. The average Bonchev–Trinajstić information content (AvgIpc) is 2.83. The highest BCUT2D eigenvalue weighted by atomic mass is 19.2. The summed E-state index contributed by atoms with van der Waals surface area (Å²) in [5.41, 5.74) is -0.366. The van der Waals surface area contributed by atoms with E-state index in [0.717, 1.165) is 25.2 Å². The SMILES string of the molecule is O=C(NCCCN1CCCC1=O)c1ccnc(F)c1F. The topological polar surface area (TPSA) is 62.3 Å². The maximum Gasteiger partial charge on any atom is 0.254 e. The minimum absolute atomic E-state index is 0.124. The number of likely N-dealkylation sites (tertiary alicyclic amines) is 1. The minimum atomic E-state index is -1.29. The second kappa shape index (κ2) is 6.40. The number of carbonyl (C=O) groups excluding carboxylic acids is 2. The summed E-state index contributed by atoms with van der Waals surface area (Å²) in [6.45, 7) is 1.61. The molecule has 1 N–H and O–H groups in total. The van der Waals surface area contributed by atoms with Gasteiger partial charge in [0.15, 0.2) is 5.82 Å². The van der Waals surface area contributed by atoms with Gasteiger partial charge in [-0.25, -0.2) is 9.37 Å². The van der Waals surface area contributed by atoms with Crippen molar-refractivity contribution < 1.29 is 18.4 Å². The van der Waals surface area contributed by atoms with E-state index >= 15 is 0 Å². The van der Waals surface area contributed by atoms with Gasteiger partial charge in [0, 0.05) is 32.3 Å². The number of hydrogen-bond acceptors (Lipinski definition) is 3. The van der Waals surface area contributed by atoms with E-state index in [1.54, 1.807) is 4.90 Å². The molecule has 2 rings (SSSR count). The van der Waals surface area contributed by atoms with Crippen molar-refractivity contribution in [3.05, 3.63) is 29.6 Å². The lowest BCUT2D eigenvalue weighted by Crippen LogP contribution is -2.31. The molecule has 0 atom stereocenters. The fourth-order valence-electron chi connectivity index (χ4n) is 2.10. The Morgan fingerprint density at radius 3 is 2.95 bits per heavy atom. The maximum atomic E-state index is 13.3. The van der Waals surface area contributed by atoms with Crippen molar-refractivity contribution in [1.82, 2.24) is 15.2 Å². The van der Waals surface area contributed by atoms with Gasteiger partial charge in [-0.2, -0.15) is 4.39 Å². The molecule has 0 bridgehead atoms. The van der Waals surface area contributed by atoms with Crippen LogP contribution in [-0.4, -0.2) is 41.3 Å². The molecule has 1 aliphatic heterocycles. The number of amides is 2. The van der Waals surface area contributed by atoms with Gasteiger partial charge in [0.05, 0.1) is 5.56 Å². The van der Waals surface area contributed by atoms with Crippen LogP contribution in [0.15, 0.2) is 12.3 Å². The van der Waals surface area contributed by atoms with Crippen molar-refractivity contribution in [2.24, 2.45) is 0 Å². The Bertz CT molecular complexity index is 522. The van der Waals surface area contributed by atoms with E-state index in [4.69, 9.17) is 0 Å². The van der Waals surface area contributed by atoms with Crippen molar-refractivity contribution in [3.8, 4) is 0 Å². The predicted molar refractivity (Wildman–Crippen MR) is 66.9 cm³/mol. The average molecular weight is 283 g/mol. The normalized spacial score (nSPS) is 14.7. The van der Waals surface area contributed by atoms with E-state index in [1.165, 1.54) is 0 Å². The van der Waals surface area contributed by atoms with Crippen LogP contribution in [0.2, 0.25) is 0 Å². The summed E-state index contributed by atoms with van der Waals surface area (Å²) < 4.78 is 26.2. The number of halogens is 2. The van der Waals surface area contributed by atoms with Crippen LogP contribution in [0.4, 0.5) is 8.78 Å². The molecule has 108 valence electrons. The van der Waals surface area contributed by atoms with Crippen molar-refractivity contribution in [3.63, 3.8) is 0 Å². The lowest BCUT2D eigenvalue weighted by atomic mass is 10.2. The summed E-state index contributed by atoms with van der Waals surface area (Å²) in [6.07, 6.45) is 3.06. The number of hydrogen-bond donors (Lipinski definition) is 1. The molecule has 2 amide bonds. The summed E-state index contributed by atoms with van der Waals surface area (Å²) in [5.74, 6) is -3.10. The van der Waals surface area contributed by atoms with Crippen LogP contribution in [0.5, 0.6) is 0 Å². The zero-order valence-corrected chi connectivity index (χ0v) is 10.9. The Kier molecular flexibility index (Phi) is 4.60. The fourth-order valence-corrected chi connectivity index (χ4v) is 2.10. The zero-order chi connectivity index (χ0) is 14.5. The van der Waals surface area contributed by atoms with Crippen LogP contribution in [0.3, 0.4) is 0 Å². The Balaban J connectivity index is 1.78. The minimum Gasteiger partial charge on any atom is -0.352 e. The lowest BCUT2D eigenvalue weighted by Gasteiger charge is -2.15. The molecule has 0 saturated carbocycles. The molecule has 0 spiro atoms. The van der Waals surface area contributed by atoms with Crippen LogP contribution in [0.25, 0.3) is 0 Å². The molecule has 0 aromatic carbocycles. The molecule has 1 fully saturated rings. The Morgan fingerprint density at radius 2 is 2.25 bits per heavy atom. The van der Waals surface area contributed by atoms with Gasteiger partial charge in [0.2, 0.25) is 11.9 Å². The molecule has 5 nitrogen and oxygen atoms in total. The first-order chi connectivity index (χ1) is 9.59.